The second-order valence-corrected chi connectivity index (χ2v) is 11.1. The lowest BCUT2D eigenvalue weighted by Crippen LogP contribution is -2.14. The summed E-state index contributed by atoms with van der Waals surface area (Å²) in [5.41, 5.74) is 11.9. The van der Waals surface area contributed by atoms with Crippen LogP contribution in [0.25, 0.3) is 67.0 Å². The lowest BCUT2D eigenvalue weighted by molar-refractivity contribution is 0.647. The van der Waals surface area contributed by atoms with E-state index in [0.29, 0.717) is 5.82 Å². The largest absolute Gasteiger partial charge is 0.456 e. The fourth-order valence-corrected chi connectivity index (χ4v) is 6.20. The van der Waals surface area contributed by atoms with Gasteiger partial charge in [0.05, 0.1) is 11.4 Å². The van der Waals surface area contributed by atoms with Crippen LogP contribution >= 0.6 is 0 Å². The minimum atomic E-state index is -0.0657. The molecule has 8 rings (SSSR count). The van der Waals surface area contributed by atoms with Gasteiger partial charge in [0.15, 0.2) is 5.82 Å². The van der Waals surface area contributed by atoms with E-state index in [0.717, 1.165) is 50.0 Å². The summed E-state index contributed by atoms with van der Waals surface area (Å²) in [6.07, 6.45) is 0. The first-order valence-corrected chi connectivity index (χ1v) is 13.7. The molecule has 0 fully saturated rings. The maximum absolute atomic E-state index is 6.41. The van der Waals surface area contributed by atoms with E-state index in [9.17, 15) is 0 Å². The van der Waals surface area contributed by atoms with Crippen LogP contribution in [0.5, 0.6) is 0 Å². The van der Waals surface area contributed by atoms with Gasteiger partial charge < -0.3 is 4.42 Å². The Morgan fingerprint density at radius 2 is 1.12 bits per heavy atom. The van der Waals surface area contributed by atoms with Crippen LogP contribution in [-0.4, -0.2) is 9.97 Å². The Morgan fingerprint density at radius 1 is 0.500 bits per heavy atom. The van der Waals surface area contributed by atoms with Crippen LogP contribution in [0.4, 0.5) is 0 Å². The van der Waals surface area contributed by atoms with Crippen LogP contribution in [0, 0.1) is 0 Å². The van der Waals surface area contributed by atoms with Crippen LogP contribution < -0.4 is 0 Å². The van der Waals surface area contributed by atoms with Crippen LogP contribution in [0.2, 0.25) is 0 Å². The highest BCUT2D eigenvalue weighted by Gasteiger charge is 2.36. The summed E-state index contributed by atoms with van der Waals surface area (Å²) in [5, 5.41) is 2.19. The number of furan rings is 1. The molecule has 0 N–H and O–H groups in total. The zero-order valence-corrected chi connectivity index (χ0v) is 22.3. The Bertz CT molecular complexity index is 2010. The van der Waals surface area contributed by atoms with Crippen molar-refractivity contribution in [3.05, 3.63) is 132 Å². The molecular formula is C37H26N2O. The monoisotopic (exact) mass is 514 g/mol. The maximum Gasteiger partial charge on any atom is 0.160 e. The summed E-state index contributed by atoms with van der Waals surface area (Å²) < 4.78 is 6.41. The van der Waals surface area contributed by atoms with E-state index in [1.807, 2.05) is 36.4 Å². The van der Waals surface area contributed by atoms with Crippen LogP contribution in [-0.2, 0) is 5.41 Å². The summed E-state index contributed by atoms with van der Waals surface area (Å²) in [4.78, 5) is 10.1. The van der Waals surface area contributed by atoms with Gasteiger partial charge in [0, 0.05) is 32.9 Å². The minimum absolute atomic E-state index is 0.0657. The fourth-order valence-electron chi connectivity index (χ4n) is 6.20. The lowest BCUT2D eigenvalue weighted by atomic mass is 9.82. The molecular weight excluding hydrogens is 488 g/mol. The second-order valence-electron chi connectivity index (χ2n) is 11.1. The number of hydrogen-bond acceptors (Lipinski definition) is 3. The van der Waals surface area contributed by atoms with Gasteiger partial charge in [-0.25, -0.2) is 9.97 Å². The number of fused-ring (bicyclic) bond motifs is 6. The van der Waals surface area contributed by atoms with Gasteiger partial charge >= 0.3 is 0 Å². The van der Waals surface area contributed by atoms with E-state index in [1.165, 1.54) is 22.3 Å². The minimum Gasteiger partial charge on any atom is -0.456 e. The standard InChI is InChI=1S/C37H26N2O/c1-37(2)30-16-10-9-15-26(30)27-20-29-28-19-25(17-18-34(28)40-35(29)21-31(27)37)36-38-32(23-11-5-3-6-12-23)22-33(39-36)24-13-7-4-8-14-24/h3-22H,1-2H3. The van der Waals surface area contributed by atoms with Crippen molar-refractivity contribution in [1.29, 1.82) is 0 Å². The molecule has 0 radical (unpaired) electrons. The molecule has 7 aromatic rings. The Labute approximate surface area is 232 Å². The number of rotatable bonds is 3. The molecule has 2 aromatic heterocycles. The molecule has 0 atom stereocenters. The van der Waals surface area contributed by atoms with Gasteiger partial charge in [-0.15, -0.1) is 0 Å². The molecule has 0 amide bonds. The zero-order valence-electron chi connectivity index (χ0n) is 22.3. The molecule has 0 saturated heterocycles. The molecule has 1 aliphatic rings. The summed E-state index contributed by atoms with van der Waals surface area (Å²) in [7, 11) is 0. The van der Waals surface area contributed by atoms with Crippen molar-refractivity contribution in [3.63, 3.8) is 0 Å². The van der Waals surface area contributed by atoms with Crippen molar-refractivity contribution in [2.75, 3.05) is 0 Å². The Morgan fingerprint density at radius 3 is 1.82 bits per heavy atom. The Balaban J connectivity index is 1.33. The first-order chi connectivity index (χ1) is 19.6. The highest BCUT2D eigenvalue weighted by atomic mass is 16.3. The van der Waals surface area contributed by atoms with Crippen molar-refractivity contribution in [2.45, 2.75) is 19.3 Å². The smallest absolute Gasteiger partial charge is 0.160 e. The topological polar surface area (TPSA) is 38.9 Å². The lowest BCUT2D eigenvalue weighted by Gasteiger charge is -2.21. The Kier molecular flexibility index (Phi) is 4.86. The molecule has 3 heteroatoms. The average Bonchev–Trinajstić information content (AvgIpc) is 3.48. The molecule has 2 heterocycles. The second kappa shape index (κ2) is 8.49. The van der Waals surface area contributed by atoms with Gasteiger partial charge in [-0.3, -0.25) is 0 Å². The van der Waals surface area contributed by atoms with Crippen molar-refractivity contribution < 1.29 is 4.42 Å². The third-order valence-electron chi connectivity index (χ3n) is 8.30. The van der Waals surface area contributed by atoms with E-state index in [1.54, 1.807) is 0 Å². The summed E-state index contributed by atoms with van der Waals surface area (Å²) in [6, 6.07) is 42.2. The number of hydrogen-bond donors (Lipinski definition) is 0. The van der Waals surface area contributed by atoms with Crippen molar-refractivity contribution in [2.24, 2.45) is 0 Å². The third kappa shape index (κ3) is 3.44. The third-order valence-corrected chi connectivity index (χ3v) is 8.30. The van der Waals surface area contributed by atoms with Crippen LogP contribution in [0.1, 0.15) is 25.0 Å². The number of aromatic nitrogens is 2. The highest BCUT2D eigenvalue weighted by molar-refractivity contribution is 6.08. The van der Waals surface area contributed by atoms with Gasteiger partial charge in [-0.05, 0) is 58.7 Å². The predicted octanol–water partition coefficient (Wildman–Crippen LogP) is 9.68. The van der Waals surface area contributed by atoms with E-state index in [-0.39, 0.29) is 5.41 Å². The van der Waals surface area contributed by atoms with Crippen molar-refractivity contribution in [1.82, 2.24) is 9.97 Å². The van der Waals surface area contributed by atoms with Crippen molar-refractivity contribution in [3.8, 4) is 45.0 Å². The van der Waals surface area contributed by atoms with Gasteiger partial charge in [-0.2, -0.15) is 0 Å². The van der Waals surface area contributed by atoms with E-state index in [2.05, 4.69) is 98.8 Å². The van der Waals surface area contributed by atoms with Gasteiger partial charge in [0.1, 0.15) is 11.2 Å². The SMILES string of the molecule is CC1(C)c2ccccc2-c2cc3c(cc21)oc1ccc(-c2nc(-c4ccccc4)cc(-c4ccccc4)n2)cc13. The number of benzene rings is 5. The van der Waals surface area contributed by atoms with E-state index in [4.69, 9.17) is 14.4 Å². The average molecular weight is 515 g/mol. The van der Waals surface area contributed by atoms with Gasteiger partial charge in [0.2, 0.25) is 0 Å². The molecule has 1 aliphatic carbocycles. The van der Waals surface area contributed by atoms with Gasteiger partial charge in [-0.1, -0.05) is 98.8 Å². The Hall–Kier alpha value is -5.02. The molecule has 0 spiro atoms. The predicted molar refractivity (Wildman–Crippen MR) is 163 cm³/mol. The van der Waals surface area contributed by atoms with Crippen LogP contribution in [0.15, 0.2) is 126 Å². The molecule has 5 aromatic carbocycles. The maximum atomic E-state index is 6.41. The van der Waals surface area contributed by atoms with Gasteiger partial charge in [0.25, 0.3) is 0 Å². The van der Waals surface area contributed by atoms with Crippen LogP contribution in [0.3, 0.4) is 0 Å². The molecule has 0 unspecified atom stereocenters. The van der Waals surface area contributed by atoms with E-state index < -0.39 is 0 Å². The molecule has 3 nitrogen and oxygen atoms in total. The normalized spacial score (nSPS) is 13.4. The summed E-state index contributed by atoms with van der Waals surface area (Å²) in [6.45, 7) is 4.59. The molecule has 40 heavy (non-hydrogen) atoms. The zero-order chi connectivity index (χ0) is 26.8. The summed E-state index contributed by atoms with van der Waals surface area (Å²) >= 11 is 0. The number of nitrogens with zero attached hydrogens (tertiary/aromatic N) is 2. The molecule has 190 valence electrons. The van der Waals surface area contributed by atoms with E-state index >= 15 is 0 Å². The fraction of sp³-hybridized carbons (Fsp3) is 0.0811. The molecule has 0 saturated carbocycles. The first kappa shape index (κ1) is 22.9. The highest BCUT2D eigenvalue weighted by Crippen LogP contribution is 2.50. The summed E-state index contributed by atoms with van der Waals surface area (Å²) in [5.74, 6) is 0.698. The quantitative estimate of drug-likeness (QED) is 0.236. The first-order valence-electron chi connectivity index (χ1n) is 13.7. The van der Waals surface area contributed by atoms with Crippen molar-refractivity contribution >= 4 is 21.9 Å². The molecule has 0 aliphatic heterocycles. The molecule has 0 bridgehead atoms.